The minimum absolute atomic E-state index is 0.190. The fourth-order valence-corrected chi connectivity index (χ4v) is 2.54. The third-order valence-corrected chi connectivity index (χ3v) is 3.78. The third kappa shape index (κ3) is 4.37. The Kier molecular flexibility index (Phi) is 5.23. The largest absolute Gasteiger partial charge is 0.508 e. The molecular formula is C14H19ClN2O3. The highest BCUT2D eigenvalue weighted by Gasteiger charge is 2.18. The number of benzene rings is 1. The molecule has 0 bridgehead atoms. The van der Waals surface area contributed by atoms with E-state index in [0.29, 0.717) is 18.1 Å². The van der Waals surface area contributed by atoms with Crippen molar-refractivity contribution in [2.45, 2.75) is 13.0 Å². The predicted molar refractivity (Wildman–Crippen MR) is 77.1 cm³/mol. The summed E-state index contributed by atoms with van der Waals surface area (Å²) >= 11 is 5.94. The average molecular weight is 299 g/mol. The number of rotatable bonds is 5. The molecule has 20 heavy (non-hydrogen) atoms. The van der Waals surface area contributed by atoms with Crippen LogP contribution in [0.25, 0.3) is 0 Å². The number of carboxylic acid groups (broad SMARTS) is 1. The molecule has 1 heterocycles. The van der Waals surface area contributed by atoms with Gasteiger partial charge in [-0.15, -0.1) is 0 Å². The summed E-state index contributed by atoms with van der Waals surface area (Å²) in [5.74, 6) is -0.487. The first-order chi connectivity index (χ1) is 9.54. The zero-order valence-electron chi connectivity index (χ0n) is 11.3. The number of aliphatic carboxylic acids is 1. The highest BCUT2D eigenvalue weighted by atomic mass is 35.5. The van der Waals surface area contributed by atoms with Crippen molar-refractivity contribution in [2.24, 2.45) is 0 Å². The van der Waals surface area contributed by atoms with Crippen molar-refractivity contribution in [3.63, 3.8) is 0 Å². The lowest BCUT2D eigenvalue weighted by molar-refractivity contribution is -0.137. The lowest BCUT2D eigenvalue weighted by atomic mass is 10.1. The zero-order valence-corrected chi connectivity index (χ0v) is 12.0. The number of hydrogen-bond donors (Lipinski definition) is 2. The van der Waals surface area contributed by atoms with E-state index in [2.05, 4.69) is 9.80 Å². The zero-order chi connectivity index (χ0) is 14.5. The Hall–Kier alpha value is -1.30. The van der Waals surface area contributed by atoms with Gasteiger partial charge in [0, 0.05) is 49.9 Å². The number of aromatic hydroxyl groups is 1. The monoisotopic (exact) mass is 298 g/mol. The van der Waals surface area contributed by atoms with Gasteiger partial charge in [0.1, 0.15) is 5.75 Å². The maximum Gasteiger partial charge on any atom is 0.304 e. The van der Waals surface area contributed by atoms with E-state index in [9.17, 15) is 9.90 Å². The van der Waals surface area contributed by atoms with Crippen LogP contribution in [0.2, 0.25) is 5.02 Å². The molecule has 0 aromatic heterocycles. The van der Waals surface area contributed by atoms with Gasteiger partial charge in [0.05, 0.1) is 6.42 Å². The molecule has 110 valence electrons. The van der Waals surface area contributed by atoms with E-state index >= 15 is 0 Å². The highest BCUT2D eigenvalue weighted by Crippen LogP contribution is 2.23. The van der Waals surface area contributed by atoms with Crippen molar-refractivity contribution in [3.05, 3.63) is 28.8 Å². The quantitative estimate of drug-likeness (QED) is 0.865. The summed E-state index contributed by atoms with van der Waals surface area (Å²) in [4.78, 5) is 14.9. The minimum atomic E-state index is -0.753. The van der Waals surface area contributed by atoms with Crippen LogP contribution < -0.4 is 0 Å². The number of carbonyl (C=O) groups is 1. The molecule has 6 heteroatoms. The molecule has 2 N–H and O–H groups in total. The smallest absolute Gasteiger partial charge is 0.304 e. The normalized spacial score (nSPS) is 17.2. The van der Waals surface area contributed by atoms with Crippen LogP contribution in [0, 0.1) is 0 Å². The fraction of sp³-hybridized carbons (Fsp3) is 0.500. The number of phenols is 1. The molecule has 0 unspecified atom stereocenters. The molecule has 1 aromatic rings. The first-order valence-corrected chi connectivity index (χ1v) is 7.06. The van der Waals surface area contributed by atoms with Crippen molar-refractivity contribution in [2.75, 3.05) is 32.7 Å². The van der Waals surface area contributed by atoms with Gasteiger partial charge >= 0.3 is 5.97 Å². The summed E-state index contributed by atoms with van der Waals surface area (Å²) in [6.45, 7) is 4.71. The van der Waals surface area contributed by atoms with Crippen LogP contribution in [0.1, 0.15) is 12.0 Å². The Morgan fingerprint density at radius 2 is 1.85 bits per heavy atom. The van der Waals surface area contributed by atoms with Crippen molar-refractivity contribution >= 4 is 17.6 Å². The number of piperazine rings is 1. The molecule has 0 saturated carbocycles. The minimum Gasteiger partial charge on any atom is -0.508 e. The highest BCUT2D eigenvalue weighted by molar-refractivity contribution is 6.30. The molecular weight excluding hydrogens is 280 g/mol. The number of nitrogens with zero attached hydrogens (tertiary/aromatic N) is 2. The predicted octanol–water partition coefficient (Wildman–Crippen LogP) is 1.64. The van der Waals surface area contributed by atoms with Gasteiger partial charge in [-0.25, -0.2) is 0 Å². The van der Waals surface area contributed by atoms with Gasteiger partial charge in [0.15, 0.2) is 0 Å². The van der Waals surface area contributed by atoms with E-state index in [1.54, 1.807) is 18.2 Å². The van der Waals surface area contributed by atoms with E-state index in [0.717, 1.165) is 31.7 Å². The van der Waals surface area contributed by atoms with Gasteiger partial charge in [-0.2, -0.15) is 0 Å². The van der Waals surface area contributed by atoms with Crippen LogP contribution in [0.3, 0.4) is 0 Å². The summed E-state index contributed by atoms with van der Waals surface area (Å²) in [6.07, 6.45) is 0.190. The van der Waals surface area contributed by atoms with E-state index in [1.807, 2.05) is 0 Å². The van der Waals surface area contributed by atoms with Gasteiger partial charge in [-0.3, -0.25) is 9.69 Å². The molecule has 1 aliphatic heterocycles. The molecule has 2 rings (SSSR count). The van der Waals surface area contributed by atoms with Crippen LogP contribution in [0.15, 0.2) is 18.2 Å². The molecule has 0 radical (unpaired) electrons. The first-order valence-electron chi connectivity index (χ1n) is 6.68. The van der Waals surface area contributed by atoms with E-state index in [1.165, 1.54) is 0 Å². The molecule has 1 aliphatic rings. The number of halogens is 1. The topological polar surface area (TPSA) is 64.0 Å². The Balaban J connectivity index is 1.82. The van der Waals surface area contributed by atoms with Gasteiger partial charge in [-0.05, 0) is 18.2 Å². The van der Waals surface area contributed by atoms with Gasteiger partial charge in [-0.1, -0.05) is 11.6 Å². The maximum absolute atomic E-state index is 10.5. The Morgan fingerprint density at radius 3 is 2.50 bits per heavy atom. The summed E-state index contributed by atoms with van der Waals surface area (Å²) in [7, 11) is 0. The van der Waals surface area contributed by atoms with E-state index in [4.69, 9.17) is 16.7 Å². The second-order valence-electron chi connectivity index (χ2n) is 5.03. The van der Waals surface area contributed by atoms with Crippen molar-refractivity contribution in [1.82, 2.24) is 9.80 Å². The molecule has 0 aliphatic carbocycles. The summed E-state index contributed by atoms with van der Waals surface area (Å²) in [6, 6.07) is 5.07. The maximum atomic E-state index is 10.5. The molecule has 1 fully saturated rings. The van der Waals surface area contributed by atoms with Crippen LogP contribution in [0.5, 0.6) is 5.75 Å². The molecule has 0 amide bonds. The van der Waals surface area contributed by atoms with Crippen molar-refractivity contribution in [3.8, 4) is 5.75 Å². The summed E-state index contributed by atoms with van der Waals surface area (Å²) < 4.78 is 0. The van der Waals surface area contributed by atoms with Crippen LogP contribution in [0.4, 0.5) is 0 Å². The lowest BCUT2D eigenvalue weighted by Gasteiger charge is -2.34. The molecule has 5 nitrogen and oxygen atoms in total. The standard InChI is InChI=1S/C14H19ClN2O3/c15-12-1-2-13(18)11(9-12)10-17-7-5-16(6-8-17)4-3-14(19)20/h1-2,9,18H,3-8,10H2,(H,19,20). The van der Waals surface area contributed by atoms with Crippen molar-refractivity contribution < 1.29 is 15.0 Å². The summed E-state index contributed by atoms with van der Waals surface area (Å²) in [5, 5.41) is 19.1. The molecule has 1 saturated heterocycles. The number of hydrogen-bond acceptors (Lipinski definition) is 4. The van der Waals surface area contributed by atoms with Crippen molar-refractivity contribution in [1.29, 1.82) is 0 Å². The Bertz CT molecular complexity index is 473. The van der Waals surface area contributed by atoms with Crippen LogP contribution >= 0.6 is 11.6 Å². The lowest BCUT2D eigenvalue weighted by Crippen LogP contribution is -2.46. The molecule has 0 atom stereocenters. The fourth-order valence-electron chi connectivity index (χ4n) is 2.35. The van der Waals surface area contributed by atoms with E-state index < -0.39 is 5.97 Å². The SMILES string of the molecule is O=C(O)CCN1CCN(Cc2cc(Cl)ccc2O)CC1. The van der Waals surface area contributed by atoms with Gasteiger partial charge < -0.3 is 15.1 Å². The average Bonchev–Trinajstić information content (AvgIpc) is 2.42. The molecule has 0 spiro atoms. The summed E-state index contributed by atoms with van der Waals surface area (Å²) in [5.41, 5.74) is 0.830. The number of phenolic OH excluding ortho intramolecular Hbond substituents is 1. The molecule has 1 aromatic carbocycles. The number of carboxylic acids is 1. The van der Waals surface area contributed by atoms with Gasteiger partial charge in [0.25, 0.3) is 0 Å². The van der Waals surface area contributed by atoms with Gasteiger partial charge in [0.2, 0.25) is 0 Å². The van der Waals surface area contributed by atoms with Crippen LogP contribution in [-0.4, -0.2) is 58.7 Å². The van der Waals surface area contributed by atoms with E-state index in [-0.39, 0.29) is 12.2 Å². The van der Waals surface area contributed by atoms with Crippen LogP contribution in [-0.2, 0) is 11.3 Å². The first kappa shape index (κ1) is 15.1. The Morgan fingerprint density at radius 1 is 1.20 bits per heavy atom. The Labute approximate surface area is 123 Å². The second-order valence-corrected chi connectivity index (χ2v) is 5.47. The third-order valence-electron chi connectivity index (χ3n) is 3.54. The second kappa shape index (κ2) is 6.92.